The van der Waals surface area contributed by atoms with E-state index in [4.69, 9.17) is 22.9 Å². The predicted molar refractivity (Wildman–Crippen MR) is 200 cm³/mol. The number of hydrogen-bond donors (Lipinski definition) is 10. The number of phenols is 1. The monoisotopic (exact) mass is 729 g/mol. The second-order valence-electron chi connectivity index (χ2n) is 12.7. The van der Waals surface area contributed by atoms with Crippen LogP contribution < -0.4 is 49.5 Å². The molecule has 3 aromatic rings. The fourth-order valence-electron chi connectivity index (χ4n) is 5.79. The molecule has 1 fully saturated rings. The number of aromatic hydroxyl groups is 1. The van der Waals surface area contributed by atoms with Crippen molar-refractivity contribution < 1.29 is 29.1 Å². The number of nitrogens with zero attached hydrogens (tertiary/aromatic N) is 2. The number of carbonyl (C=O) groups excluding carboxylic acids is 5. The van der Waals surface area contributed by atoms with Gasteiger partial charge in [-0.3, -0.25) is 34.0 Å². The van der Waals surface area contributed by atoms with Gasteiger partial charge in [0, 0.05) is 25.9 Å². The molecule has 5 amide bonds. The topological polar surface area (TPSA) is 295 Å². The van der Waals surface area contributed by atoms with Crippen LogP contribution in [0.4, 0.5) is 0 Å². The highest BCUT2D eigenvalue weighted by Gasteiger charge is 2.32. The van der Waals surface area contributed by atoms with Crippen LogP contribution in [0.15, 0.2) is 76.7 Å². The third kappa shape index (κ3) is 12.7. The number of carbonyl (C=O) groups is 5. The Bertz CT molecular complexity index is 1820. The number of benzene rings is 3. The van der Waals surface area contributed by atoms with E-state index in [1.807, 2.05) is 42.5 Å². The van der Waals surface area contributed by atoms with Gasteiger partial charge in [0.2, 0.25) is 29.5 Å². The zero-order valence-corrected chi connectivity index (χ0v) is 29.2. The van der Waals surface area contributed by atoms with E-state index in [9.17, 15) is 29.1 Å². The average molecular weight is 730 g/mol. The molecule has 4 atom stereocenters. The maximum absolute atomic E-state index is 13.9. The third-order valence-corrected chi connectivity index (χ3v) is 8.49. The van der Waals surface area contributed by atoms with Gasteiger partial charge in [-0.15, -0.1) is 0 Å². The van der Waals surface area contributed by atoms with Gasteiger partial charge in [-0.1, -0.05) is 54.6 Å². The number of hydrogen-bond acceptors (Lipinski definition) is 8. The smallest absolute Gasteiger partial charge is 0.243 e. The number of phenolic OH excluding ortho intramolecular Hbond substituents is 1. The second-order valence-corrected chi connectivity index (χ2v) is 12.7. The molecule has 0 aliphatic carbocycles. The van der Waals surface area contributed by atoms with Crippen molar-refractivity contribution in [2.24, 2.45) is 32.9 Å². The largest absolute Gasteiger partial charge is 0.508 e. The summed E-state index contributed by atoms with van der Waals surface area (Å²) in [4.78, 5) is 76.4. The molecule has 1 heterocycles. The molecule has 0 unspecified atom stereocenters. The van der Waals surface area contributed by atoms with Gasteiger partial charge in [-0.25, -0.2) is 0 Å². The van der Waals surface area contributed by atoms with Crippen molar-refractivity contribution in [2.45, 2.75) is 62.7 Å². The molecule has 0 spiro atoms. The Morgan fingerprint density at radius 2 is 1.09 bits per heavy atom. The summed E-state index contributed by atoms with van der Waals surface area (Å²) in [6, 6.07) is 14.7. The number of rotatable bonds is 12. The van der Waals surface area contributed by atoms with E-state index < -0.39 is 60.2 Å². The van der Waals surface area contributed by atoms with Crippen LogP contribution in [0.5, 0.6) is 5.75 Å². The van der Waals surface area contributed by atoms with Gasteiger partial charge in [0.15, 0.2) is 11.9 Å². The molecule has 282 valence electrons. The Balaban J connectivity index is 1.68. The predicted octanol–water partition coefficient (Wildman–Crippen LogP) is -1.49. The lowest BCUT2D eigenvalue weighted by Crippen LogP contribution is -2.58. The molecule has 1 aliphatic rings. The lowest BCUT2D eigenvalue weighted by atomic mass is 10.0. The van der Waals surface area contributed by atoms with Crippen LogP contribution in [0.1, 0.15) is 36.8 Å². The van der Waals surface area contributed by atoms with Crippen LogP contribution in [0.3, 0.4) is 0 Å². The fourth-order valence-corrected chi connectivity index (χ4v) is 5.79. The van der Waals surface area contributed by atoms with Gasteiger partial charge in [-0.2, -0.15) is 0 Å². The van der Waals surface area contributed by atoms with Crippen molar-refractivity contribution in [3.63, 3.8) is 0 Å². The van der Waals surface area contributed by atoms with E-state index in [0.717, 1.165) is 16.3 Å². The molecule has 0 aromatic heterocycles. The molecule has 14 N–H and O–H groups in total. The van der Waals surface area contributed by atoms with Crippen molar-refractivity contribution in [2.75, 3.05) is 19.6 Å². The first-order chi connectivity index (χ1) is 25.4. The first-order valence-electron chi connectivity index (χ1n) is 17.2. The summed E-state index contributed by atoms with van der Waals surface area (Å²) in [5.74, 6) is -3.66. The lowest BCUT2D eigenvalue weighted by molar-refractivity contribution is -0.134. The molecule has 1 aliphatic heterocycles. The van der Waals surface area contributed by atoms with Crippen LogP contribution in [0.2, 0.25) is 0 Å². The van der Waals surface area contributed by atoms with E-state index in [-0.39, 0.29) is 69.3 Å². The number of fused-ring (bicyclic) bond motifs is 1. The Kier molecular flexibility index (Phi) is 14.3. The number of nitrogens with one attached hydrogen (secondary N) is 5. The minimum Gasteiger partial charge on any atom is -0.508 e. The van der Waals surface area contributed by atoms with Gasteiger partial charge < -0.3 is 54.6 Å². The molecule has 1 saturated heterocycles. The third-order valence-electron chi connectivity index (χ3n) is 8.49. The summed E-state index contributed by atoms with van der Waals surface area (Å²) < 4.78 is 0. The summed E-state index contributed by atoms with van der Waals surface area (Å²) in [5, 5.41) is 25.1. The minimum absolute atomic E-state index is 0.00775. The van der Waals surface area contributed by atoms with Crippen molar-refractivity contribution in [1.82, 2.24) is 26.6 Å². The highest BCUT2D eigenvalue weighted by Crippen LogP contribution is 2.17. The van der Waals surface area contributed by atoms with E-state index >= 15 is 0 Å². The molecular formula is C36H47N11O6. The van der Waals surface area contributed by atoms with Crippen LogP contribution in [0, 0.1) is 0 Å². The Morgan fingerprint density at radius 1 is 0.604 bits per heavy atom. The van der Waals surface area contributed by atoms with Gasteiger partial charge in [0.05, 0.1) is 6.54 Å². The quantitative estimate of drug-likeness (QED) is 0.0585. The lowest BCUT2D eigenvalue weighted by Gasteiger charge is -2.26. The SMILES string of the molecule is NC(N)=NCCC[C@@H]1NC(=O)[C@@H](CCCN=C(N)N)NC(=O)[C@@H](Cc2ccc3ccccc3c2)NC(=O)CNC(=O)[C@@H](Cc2ccc(O)cc2)NC1=O. The molecule has 17 heteroatoms. The van der Waals surface area contributed by atoms with Gasteiger partial charge in [-0.05, 0) is 59.7 Å². The average Bonchev–Trinajstić information content (AvgIpc) is 3.12. The Hall–Kier alpha value is -6.39. The van der Waals surface area contributed by atoms with Crippen LogP contribution in [0.25, 0.3) is 10.8 Å². The Morgan fingerprint density at radius 3 is 1.68 bits per heavy atom. The van der Waals surface area contributed by atoms with Crippen molar-refractivity contribution >= 4 is 52.2 Å². The highest BCUT2D eigenvalue weighted by molar-refractivity contribution is 5.97. The molecule has 17 nitrogen and oxygen atoms in total. The number of aliphatic imine (C=N–C) groups is 2. The maximum atomic E-state index is 13.9. The first kappa shape index (κ1) is 39.4. The summed E-state index contributed by atoms with van der Waals surface area (Å²) >= 11 is 0. The van der Waals surface area contributed by atoms with E-state index in [1.54, 1.807) is 12.1 Å². The van der Waals surface area contributed by atoms with Crippen molar-refractivity contribution in [1.29, 1.82) is 0 Å². The zero-order chi connectivity index (χ0) is 38.3. The molecule has 0 saturated carbocycles. The number of guanidine groups is 2. The summed E-state index contributed by atoms with van der Waals surface area (Å²) in [7, 11) is 0. The standard InChI is InChI=1S/C36H47N11O6/c37-35(38)41-15-3-7-26-32(51)45-27(8-4-16-42-36(39)40)33(52)47-28(18-21-10-13-25(48)14-11-21)31(50)43-20-30(49)44-29(34(53)46-26)19-22-9-12-23-5-1-2-6-24(23)17-22/h1-2,5-6,9-14,17,26-29,48H,3-4,7-8,15-16,18-20H2,(H,43,50)(H,44,49)(H,45,51)(H,46,53)(H,47,52)(H4,37,38,41)(H4,39,40,42)/t26-,27+,28-,29-/m1/s1. The maximum Gasteiger partial charge on any atom is 0.243 e. The first-order valence-corrected chi connectivity index (χ1v) is 17.2. The summed E-state index contributed by atoms with van der Waals surface area (Å²) in [5.41, 5.74) is 23.2. The van der Waals surface area contributed by atoms with E-state index in [2.05, 4.69) is 36.6 Å². The van der Waals surface area contributed by atoms with Gasteiger partial charge in [0.1, 0.15) is 29.9 Å². The summed E-state index contributed by atoms with van der Waals surface area (Å²) in [6.45, 7) is -0.194. The van der Waals surface area contributed by atoms with Crippen molar-refractivity contribution in [3.8, 4) is 5.75 Å². The zero-order valence-electron chi connectivity index (χ0n) is 29.2. The number of nitrogens with two attached hydrogens (primary N) is 4. The molecule has 53 heavy (non-hydrogen) atoms. The molecule has 4 rings (SSSR count). The fraction of sp³-hybridized carbons (Fsp3) is 0.361. The molecular weight excluding hydrogens is 682 g/mol. The minimum atomic E-state index is -1.19. The van der Waals surface area contributed by atoms with Crippen LogP contribution in [-0.2, 0) is 36.8 Å². The summed E-state index contributed by atoms with van der Waals surface area (Å²) in [6.07, 6.45) is 0.769. The molecule has 0 radical (unpaired) electrons. The van der Waals surface area contributed by atoms with Gasteiger partial charge in [0.25, 0.3) is 0 Å². The van der Waals surface area contributed by atoms with Crippen LogP contribution in [-0.4, -0.2) is 90.4 Å². The van der Waals surface area contributed by atoms with Crippen molar-refractivity contribution in [3.05, 3.63) is 77.9 Å². The van der Waals surface area contributed by atoms with Crippen LogP contribution >= 0.6 is 0 Å². The van der Waals surface area contributed by atoms with E-state index in [0.29, 0.717) is 5.56 Å². The molecule has 3 aromatic carbocycles. The van der Waals surface area contributed by atoms with E-state index in [1.165, 1.54) is 12.1 Å². The number of amides is 5. The highest BCUT2D eigenvalue weighted by atomic mass is 16.3. The normalized spacial score (nSPS) is 20.0. The van der Waals surface area contributed by atoms with Gasteiger partial charge >= 0.3 is 0 Å². The second kappa shape index (κ2) is 19.3. The molecule has 0 bridgehead atoms. The Labute approximate surface area is 306 Å².